The van der Waals surface area contributed by atoms with Gasteiger partial charge in [0.2, 0.25) is 5.95 Å². The normalized spacial score (nSPS) is 28.8. The van der Waals surface area contributed by atoms with Crippen LogP contribution >= 0.6 is 0 Å². The summed E-state index contributed by atoms with van der Waals surface area (Å²) in [6.07, 6.45) is 4.63. The summed E-state index contributed by atoms with van der Waals surface area (Å²) in [5.74, 6) is 0.826. The van der Waals surface area contributed by atoms with E-state index in [-0.39, 0.29) is 5.54 Å². The van der Waals surface area contributed by atoms with Crippen molar-refractivity contribution in [3.8, 4) is 0 Å². The summed E-state index contributed by atoms with van der Waals surface area (Å²) in [4.78, 5) is 13.3. The van der Waals surface area contributed by atoms with E-state index in [9.17, 15) is 0 Å². The summed E-state index contributed by atoms with van der Waals surface area (Å²) in [6, 6.07) is 1.85. The van der Waals surface area contributed by atoms with E-state index in [0.717, 1.165) is 51.8 Å². The monoisotopic (exact) mass is 263 g/mol. The molecule has 104 valence electrons. The second kappa shape index (κ2) is 5.40. The van der Waals surface area contributed by atoms with Crippen molar-refractivity contribution >= 4 is 5.95 Å². The average molecular weight is 263 g/mol. The Morgan fingerprint density at radius 3 is 2.53 bits per heavy atom. The maximum absolute atomic E-state index is 5.99. The Labute approximate surface area is 113 Å². The number of hydrogen-bond donors (Lipinski definition) is 1. The summed E-state index contributed by atoms with van der Waals surface area (Å²) in [7, 11) is 0. The van der Waals surface area contributed by atoms with Gasteiger partial charge in [0.05, 0.1) is 12.1 Å². The molecule has 2 aliphatic rings. The van der Waals surface area contributed by atoms with Gasteiger partial charge >= 0.3 is 0 Å². The van der Waals surface area contributed by atoms with Gasteiger partial charge in [-0.05, 0) is 12.5 Å². The molecule has 0 radical (unpaired) electrons. The summed E-state index contributed by atoms with van der Waals surface area (Å²) in [6.45, 7) is 6.18. The fourth-order valence-electron chi connectivity index (χ4n) is 2.97. The van der Waals surface area contributed by atoms with E-state index in [1.807, 2.05) is 6.07 Å². The molecule has 0 aliphatic carbocycles. The second-order valence-corrected chi connectivity index (χ2v) is 5.25. The van der Waals surface area contributed by atoms with Gasteiger partial charge in [0.1, 0.15) is 0 Å². The molecule has 19 heavy (non-hydrogen) atoms. The van der Waals surface area contributed by atoms with E-state index in [1.54, 1.807) is 12.4 Å². The smallest absolute Gasteiger partial charge is 0.225 e. The van der Waals surface area contributed by atoms with Crippen molar-refractivity contribution in [1.82, 2.24) is 14.9 Å². The predicted octanol–water partition coefficient (Wildman–Crippen LogP) is -0.284. The number of aromatic nitrogens is 2. The van der Waals surface area contributed by atoms with Crippen LogP contribution in [0.3, 0.4) is 0 Å². The summed E-state index contributed by atoms with van der Waals surface area (Å²) in [5, 5.41) is 0. The summed E-state index contributed by atoms with van der Waals surface area (Å²) >= 11 is 0. The van der Waals surface area contributed by atoms with Crippen molar-refractivity contribution in [2.24, 2.45) is 5.73 Å². The zero-order chi connectivity index (χ0) is 13.1. The van der Waals surface area contributed by atoms with Crippen LogP contribution < -0.4 is 10.6 Å². The molecule has 2 saturated heterocycles. The molecule has 1 atom stereocenters. The zero-order valence-corrected chi connectivity index (χ0v) is 11.2. The van der Waals surface area contributed by atoms with E-state index in [1.165, 1.54) is 0 Å². The molecule has 1 aromatic heterocycles. The number of anilines is 1. The number of hydrogen-bond acceptors (Lipinski definition) is 6. The van der Waals surface area contributed by atoms with Crippen LogP contribution in [0.5, 0.6) is 0 Å². The van der Waals surface area contributed by atoms with E-state index in [2.05, 4.69) is 19.8 Å². The number of ether oxygens (including phenoxy) is 1. The lowest BCUT2D eigenvalue weighted by Crippen LogP contribution is -2.61. The minimum Gasteiger partial charge on any atom is -0.379 e. The highest BCUT2D eigenvalue weighted by molar-refractivity contribution is 5.29. The van der Waals surface area contributed by atoms with E-state index < -0.39 is 0 Å². The highest BCUT2D eigenvalue weighted by Crippen LogP contribution is 2.26. The molecular formula is C13H21N5O. The van der Waals surface area contributed by atoms with Gasteiger partial charge in [0.15, 0.2) is 0 Å². The number of piperazine rings is 1. The molecule has 1 aromatic rings. The molecule has 0 bridgehead atoms. The largest absolute Gasteiger partial charge is 0.379 e. The minimum absolute atomic E-state index is 0.0592. The molecular weight excluding hydrogens is 242 g/mol. The molecule has 2 fully saturated rings. The van der Waals surface area contributed by atoms with Crippen molar-refractivity contribution in [2.45, 2.75) is 12.0 Å². The van der Waals surface area contributed by atoms with E-state index >= 15 is 0 Å². The number of nitrogens with two attached hydrogens (primary N) is 1. The Kier molecular flexibility index (Phi) is 3.63. The zero-order valence-electron chi connectivity index (χ0n) is 11.2. The topological polar surface area (TPSA) is 67.5 Å². The molecule has 6 heteroatoms. The van der Waals surface area contributed by atoms with Crippen molar-refractivity contribution in [3.05, 3.63) is 18.5 Å². The Balaban J connectivity index is 1.63. The van der Waals surface area contributed by atoms with Crippen LogP contribution in [0.15, 0.2) is 18.5 Å². The van der Waals surface area contributed by atoms with E-state index in [0.29, 0.717) is 6.54 Å². The summed E-state index contributed by atoms with van der Waals surface area (Å²) < 4.78 is 5.56. The molecule has 0 aromatic carbocycles. The predicted molar refractivity (Wildman–Crippen MR) is 73.0 cm³/mol. The maximum Gasteiger partial charge on any atom is 0.225 e. The van der Waals surface area contributed by atoms with Gasteiger partial charge in [0, 0.05) is 51.7 Å². The molecule has 0 amide bonds. The molecule has 2 aliphatic heterocycles. The molecule has 6 nitrogen and oxygen atoms in total. The van der Waals surface area contributed by atoms with Crippen LogP contribution in [0.4, 0.5) is 5.95 Å². The standard InChI is InChI=1S/C13H21N5O/c14-10-13(2-9-19-11-13)18-7-5-17(6-8-18)12-15-3-1-4-16-12/h1,3-4H,2,5-11,14H2. The van der Waals surface area contributed by atoms with Gasteiger partial charge < -0.3 is 15.4 Å². The van der Waals surface area contributed by atoms with Gasteiger partial charge in [-0.1, -0.05) is 0 Å². The van der Waals surface area contributed by atoms with Crippen LogP contribution in [0, 0.1) is 0 Å². The quantitative estimate of drug-likeness (QED) is 0.809. The SMILES string of the molecule is NCC1(N2CCN(c3ncccn3)CC2)CCOC1. The average Bonchev–Trinajstić information content (AvgIpc) is 2.98. The van der Waals surface area contributed by atoms with Crippen LogP contribution in [0.25, 0.3) is 0 Å². The minimum atomic E-state index is 0.0592. The number of nitrogens with zero attached hydrogens (tertiary/aromatic N) is 4. The first-order valence-electron chi connectivity index (χ1n) is 6.89. The number of rotatable bonds is 3. The molecule has 2 N–H and O–H groups in total. The van der Waals surface area contributed by atoms with Crippen LogP contribution in [-0.4, -0.2) is 66.3 Å². The lowest BCUT2D eigenvalue weighted by Gasteiger charge is -2.44. The van der Waals surface area contributed by atoms with Crippen molar-refractivity contribution in [2.75, 3.05) is 50.8 Å². The third kappa shape index (κ3) is 2.43. The Morgan fingerprint density at radius 2 is 1.95 bits per heavy atom. The van der Waals surface area contributed by atoms with Gasteiger partial charge in [-0.3, -0.25) is 4.90 Å². The van der Waals surface area contributed by atoms with Crippen molar-refractivity contribution in [1.29, 1.82) is 0 Å². The Bertz CT molecular complexity index is 399. The van der Waals surface area contributed by atoms with Crippen LogP contribution in [0.1, 0.15) is 6.42 Å². The first kappa shape index (κ1) is 12.8. The highest BCUT2D eigenvalue weighted by atomic mass is 16.5. The van der Waals surface area contributed by atoms with Gasteiger partial charge in [-0.25, -0.2) is 9.97 Å². The van der Waals surface area contributed by atoms with Gasteiger partial charge in [0.25, 0.3) is 0 Å². The third-order valence-electron chi connectivity index (χ3n) is 4.25. The fourth-order valence-corrected chi connectivity index (χ4v) is 2.97. The summed E-state index contributed by atoms with van der Waals surface area (Å²) in [5.41, 5.74) is 6.04. The lowest BCUT2D eigenvalue weighted by molar-refractivity contribution is 0.0667. The molecule has 0 spiro atoms. The lowest BCUT2D eigenvalue weighted by atomic mass is 9.95. The first-order chi connectivity index (χ1) is 9.34. The third-order valence-corrected chi connectivity index (χ3v) is 4.25. The second-order valence-electron chi connectivity index (χ2n) is 5.25. The van der Waals surface area contributed by atoms with Crippen LogP contribution in [-0.2, 0) is 4.74 Å². The van der Waals surface area contributed by atoms with Gasteiger partial charge in [-0.2, -0.15) is 0 Å². The highest BCUT2D eigenvalue weighted by Gasteiger charge is 2.40. The van der Waals surface area contributed by atoms with Gasteiger partial charge in [-0.15, -0.1) is 0 Å². The molecule has 0 saturated carbocycles. The molecule has 1 unspecified atom stereocenters. The Morgan fingerprint density at radius 1 is 1.21 bits per heavy atom. The fraction of sp³-hybridized carbons (Fsp3) is 0.692. The van der Waals surface area contributed by atoms with Crippen molar-refractivity contribution in [3.63, 3.8) is 0 Å². The van der Waals surface area contributed by atoms with E-state index in [4.69, 9.17) is 10.5 Å². The first-order valence-corrected chi connectivity index (χ1v) is 6.89. The van der Waals surface area contributed by atoms with Crippen molar-refractivity contribution < 1.29 is 4.74 Å². The Hall–Kier alpha value is -1.24. The maximum atomic E-state index is 5.99. The molecule has 3 heterocycles. The van der Waals surface area contributed by atoms with Crippen LogP contribution in [0.2, 0.25) is 0 Å². The molecule has 3 rings (SSSR count).